The van der Waals surface area contributed by atoms with E-state index in [9.17, 15) is 8.42 Å². The Balaban J connectivity index is 0. The second-order valence-corrected chi connectivity index (χ2v) is 7.38. The van der Waals surface area contributed by atoms with Crippen LogP contribution in [-0.4, -0.2) is 72.2 Å². The molecule has 0 N–H and O–H groups in total. The molecule has 0 aromatic rings. The minimum absolute atomic E-state index is 0. The van der Waals surface area contributed by atoms with E-state index in [0.717, 1.165) is 32.1 Å². The molecule has 3 nitrogen and oxygen atoms in total. The Kier molecular flexibility index (Phi) is 21.1. The fourth-order valence-electron chi connectivity index (χ4n) is 2.19. The average Bonchev–Trinajstić information content (AvgIpc) is 2.41. The van der Waals surface area contributed by atoms with Crippen LogP contribution in [0.1, 0.15) is 90.9 Å². The molecule has 0 saturated heterocycles. The maximum atomic E-state index is 11.6. The monoisotopic (exact) mass is 346 g/mol. The molecule has 0 aromatic carbocycles. The molecule has 0 spiro atoms. The maximum absolute atomic E-state index is 11.6. The Labute approximate surface area is 175 Å². The minimum atomic E-state index is -3.27. The molecule has 5 heteroatoms. The van der Waals surface area contributed by atoms with E-state index in [1.807, 2.05) is 0 Å². The van der Waals surface area contributed by atoms with Gasteiger partial charge in [0.05, 0.1) is 12.4 Å². The Morgan fingerprint density at radius 3 is 1.62 bits per heavy atom. The summed E-state index contributed by atoms with van der Waals surface area (Å²) in [5.41, 5.74) is 0. The first kappa shape index (κ1) is 24.8. The van der Waals surface area contributed by atoms with E-state index >= 15 is 0 Å². The molecule has 0 radical (unpaired) electrons. The van der Waals surface area contributed by atoms with Crippen LogP contribution >= 0.6 is 0 Å². The first-order chi connectivity index (χ1) is 9.62. The molecule has 124 valence electrons. The summed E-state index contributed by atoms with van der Waals surface area (Å²) in [4.78, 5) is 0. The van der Waals surface area contributed by atoms with Crippen molar-refractivity contribution < 1.29 is 12.6 Å². The van der Waals surface area contributed by atoms with Crippen LogP contribution in [0, 0.1) is 0 Å². The van der Waals surface area contributed by atoms with Crippen molar-refractivity contribution >= 4 is 61.5 Å². The zero-order valence-electron chi connectivity index (χ0n) is 13.5. The van der Waals surface area contributed by atoms with E-state index in [2.05, 4.69) is 13.8 Å². The van der Waals surface area contributed by atoms with Crippen molar-refractivity contribution in [2.75, 3.05) is 12.4 Å². The summed E-state index contributed by atoms with van der Waals surface area (Å²) in [6.45, 7) is 4.74. The molecule has 0 atom stereocenters. The number of hydrogen-bond donors (Lipinski definition) is 0. The van der Waals surface area contributed by atoms with Crippen molar-refractivity contribution in [3.63, 3.8) is 0 Å². The van der Waals surface area contributed by atoms with Gasteiger partial charge in [0.1, 0.15) is 0 Å². The van der Waals surface area contributed by atoms with Crippen molar-refractivity contribution in [3.05, 3.63) is 0 Å². The van der Waals surface area contributed by atoms with Gasteiger partial charge in [0.2, 0.25) is 0 Å². The number of rotatable bonds is 15. The van der Waals surface area contributed by atoms with Gasteiger partial charge in [0.15, 0.2) is 0 Å². The summed E-state index contributed by atoms with van der Waals surface area (Å²) in [7, 11) is -3.27. The SMILES string of the molecule is CCCCCCCCOS(=O)(=O)CCCCCCCC.[KH]. The van der Waals surface area contributed by atoms with Crippen molar-refractivity contribution in [3.8, 4) is 0 Å². The van der Waals surface area contributed by atoms with Crippen molar-refractivity contribution in [2.45, 2.75) is 90.9 Å². The average molecular weight is 347 g/mol. The third kappa shape index (κ3) is 19.5. The van der Waals surface area contributed by atoms with Gasteiger partial charge < -0.3 is 0 Å². The fraction of sp³-hybridized carbons (Fsp3) is 1.00. The molecule has 0 unspecified atom stereocenters. The zero-order valence-corrected chi connectivity index (χ0v) is 14.3. The fourth-order valence-corrected chi connectivity index (χ4v) is 3.23. The Hall–Kier alpha value is 1.55. The zero-order chi connectivity index (χ0) is 15.1. The van der Waals surface area contributed by atoms with Gasteiger partial charge in [-0.2, -0.15) is 8.42 Å². The predicted octanol–water partition coefficient (Wildman–Crippen LogP) is 4.41. The van der Waals surface area contributed by atoms with Crippen molar-refractivity contribution in [1.82, 2.24) is 0 Å². The van der Waals surface area contributed by atoms with Crippen molar-refractivity contribution in [1.29, 1.82) is 0 Å². The normalized spacial score (nSPS) is 11.3. The van der Waals surface area contributed by atoms with Crippen LogP contribution in [-0.2, 0) is 14.3 Å². The second kappa shape index (κ2) is 17.9. The van der Waals surface area contributed by atoms with E-state index < -0.39 is 10.1 Å². The molecule has 0 heterocycles. The van der Waals surface area contributed by atoms with Crippen LogP contribution in [0.2, 0.25) is 0 Å². The van der Waals surface area contributed by atoms with Gasteiger partial charge in [-0.05, 0) is 12.8 Å². The summed E-state index contributed by atoms with van der Waals surface area (Å²) in [6, 6.07) is 0. The van der Waals surface area contributed by atoms with Crippen LogP contribution in [0.25, 0.3) is 0 Å². The van der Waals surface area contributed by atoms with E-state index in [1.54, 1.807) is 0 Å². The third-order valence-corrected chi connectivity index (χ3v) is 4.82. The Morgan fingerprint density at radius 2 is 1.10 bits per heavy atom. The Bertz CT molecular complexity index is 292. The quantitative estimate of drug-likeness (QED) is 0.251. The molecule has 0 aliphatic carbocycles. The summed E-state index contributed by atoms with van der Waals surface area (Å²) in [5, 5.41) is 0. The topological polar surface area (TPSA) is 43.4 Å². The molecule has 0 saturated carbocycles. The molecule has 0 aliphatic rings. The summed E-state index contributed by atoms with van der Waals surface area (Å²) in [5.74, 6) is 0.189. The van der Waals surface area contributed by atoms with E-state index in [1.165, 1.54) is 44.9 Å². The van der Waals surface area contributed by atoms with Gasteiger partial charge in [-0.25, -0.2) is 0 Å². The van der Waals surface area contributed by atoms with Crippen molar-refractivity contribution in [2.24, 2.45) is 0 Å². The van der Waals surface area contributed by atoms with E-state index in [4.69, 9.17) is 4.18 Å². The third-order valence-electron chi connectivity index (χ3n) is 3.51. The molecular formula is C16H35KO3S. The molecule has 0 fully saturated rings. The summed E-state index contributed by atoms with van der Waals surface area (Å²) < 4.78 is 28.3. The standard InChI is InChI=1S/C16H34O3S.K.H/c1-3-5-7-9-11-13-15-19-20(17,18)16-14-12-10-8-6-4-2;;/h3-16H2,1-2H3;;. The van der Waals surface area contributed by atoms with Gasteiger partial charge in [0, 0.05) is 0 Å². The predicted molar refractivity (Wildman–Crippen MR) is 93.6 cm³/mol. The van der Waals surface area contributed by atoms with Gasteiger partial charge in [-0.1, -0.05) is 78.1 Å². The molecular weight excluding hydrogens is 311 g/mol. The van der Waals surface area contributed by atoms with E-state index in [-0.39, 0.29) is 57.1 Å². The van der Waals surface area contributed by atoms with E-state index in [0.29, 0.717) is 6.61 Å². The van der Waals surface area contributed by atoms with Crippen LogP contribution in [0.5, 0.6) is 0 Å². The van der Waals surface area contributed by atoms with Crippen LogP contribution in [0.4, 0.5) is 0 Å². The second-order valence-electron chi connectivity index (χ2n) is 5.62. The van der Waals surface area contributed by atoms with Gasteiger partial charge in [-0.15, -0.1) is 0 Å². The summed E-state index contributed by atoms with van der Waals surface area (Å²) >= 11 is 0. The molecule has 0 amide bonds. The van der Waals surface area contributed by atoms with Gasteiger partial charge in [-0.3, -0.25) is 4.18 Å². The van der Waals surface area contributed by atoms with Gasteiger partial charge in [0.25, 0.3) is 10.1 Å². The van der Waals surface area contributed by atoms with Crippen LogP contribution in [0.3, 0.4) is 0 Å². The molecule has 0 rings (SSSR count). The molecule has 0 aromatic heterocycles. The van der Waals surface area contributed by atoms with Crippen LogP contribution in [0.15, 0.2) is 0 Å². The molecule has 0 aliphatic heterocycles. The Morgan fingerprint density at radius 1 is 0.667 bits per heavy atom. The summed E-state index contributed by atoms with van der Waals surface area (Å²) in [6.07, 6.45) is 13.5. The number of hydrogen-bond acceptors (Lipinski definition) is 3. The first-order valence-electron chi connectivity index (χ1n) is 8.49. The molecule has 21 heavy (non-hydrogen) atoms. The first-order valence-corrected chi connectivity index (χ1v) is 10.1. The van der Waals surface area contributed by atoms with Crippen LogP contribution < -0.4 is 0 Å². The molecule has 0 bridgehead atoms. The van der Waals surface area contributed by atoms with Gasteiger partial charge >= 0.3 is 51.4 Å². The number of unbranched alkanes of at least 4 members (excludes halogenated alkanes) is 10.